The van der Waals surface area contributed by atoms with Gasteiger partial charge in [-0.3, -0.25) is 0 Å². The number of aromatic carboxylic acids is 1. The third kappa shape index (κ3) is 3.29. The van der Waals surface area contributed by atoms with Gasteiger partial charge in [-0.1, -0.05) is 26.0 Å². The van der Waals surface area contributed by atoms with Crippen molar-refractivity contribution in [3.8, 4) is 5.69 Å². The summed E-state index contributed by atoms with van der Waals surface area (Å²) in [5, 5.41) is 12.7. The van der Waals surface area contributed by atoms with Crippen LogP contribution in [0.25, 0.3) is 5.69 Å². The highest BCUT2D eigenvalue weighted by atomic mass is 19.4. The maximum Gasteiger partial charge on any atom is 0.394 e. The molecule has 0 saturated carbocycles. The zero-order chi connectivity index (χ0) is 16.5. The highest BCUT2D eigenvalue weighted by Gasteiger charge is 2.46. The second kappa shape index (κ2) is 5.47. The van der Waals surface area contributed by atoms with Gasteiger partial charge in [0.2, 0.25) is 0 Å². The molecule has 1 aromatic heterocycles. The van der Waals surface area contributed by atoms with Crippen LogP contribution in [-0.4, -0.2) is 27.0 Å². The summed E-state index contributed by atoms with van der Waals surface area (Å²) in [5.74, 6) is -1.14. The molecule has 1 heterocycles. The van der Waals surface area contributed by atoms with E-state index in [0.29, 0.717) is 11.3 Å². The van der Waals surface area contributed by atoms with Gasteiger partial charge < -0.3 is 5.11 Å². The number of benzene rings is 1. The molecule has 0 aliphatic heterocycles. The van der Waals surface area contributed by atoms with E-state index in [9.17, 15) is 18.0 Å². The fraction of sp³-hybridized carbons (Fsp3) is 0.333. The van der Waals surface area contributed by atoms with Crippen molar-refractivity contribution in [3.05, 3.63) is 47.8 Å². The number of aromatic nitrogens is 2. The van der Waals surface area contributed by atoms with Crippen LogP contribution in [0.3, 0.4) is 0 Å². The van der Waals surface area contributed by atoms with Crippen LogP contribution in [0.4, 0.5) is 13.2 Å². The van der Waals surface area contributed by atoms with E-state index in [1.807, 2.05) is 0 Å². The van der Waals surface area contributed by atoms with Crippen LogP contribution in [0.2, 0.25) is 0 Å². The molecule has 0 aliphatic rings. The smallest absolute Gasteiger partial charge is 0.394 e. The number of carboxylic acids is 1. The van der Waals surface area contributed by atoms with Gasteiger partial charge in [0, 0.05) is 6.20 Å². The van der Waals surface area contributed by atoms with Crippen molar-refractivity contribution in [2.75, 3.05) is 0 Å². The highest BCUT2D eigenvalue weighted by Crippen LogP contribution is 2.40. The molecule has 1 aromatic carbocycles. The van der Waals surface area contributed by atoms with Gasteiger partial charge >= 0.3 is 12.1 Å². The first kappa shape index (κ1) is 16.1. The van der Waals surface area contributed by atoms with Gasteiger partial charge in [-0.25, -0.2) is 9.48 Å². The van der Waals surface area contributed by atoms with Crippen molar-refractivity contribution < 1.29 is 23.1 Å². The van der Waals surface area contributed by atoms with Crippen molar-refractivity contribution in [1.29, 1.82) is 0 Å². The molecule has 0 radical (unpaired) electrons. The quantitative estimate of drug-likeness (QED) is 0.936. The highest BCUT2D eigenvalue weighted by molar-refractivity contribution is 5.85. The van der Waals surface area contributed by atoms with Gasteiger partial charge in [0.1, 0.15) is 0 Å². The molecule has 0 saturated heterocycles. The number of alkyl halides is 3. The van der Waals surface area contributed by atoms with Crippen LogP contribution in [0, 0.1) is 5.41 Å². The van der Waals surface area contributed by atoms with Crippen LogP contribution in [0.15, 0.2) is 36.5 Å². The van der Waals surface area contributed by atoms with Crippen molar-refractivity contribution >= 4 is 5.97 Å². The molecule has 7 heteroatoms. The molecule has 118 valence electrons. The van der Waals surface area contributed by atoms with Gasteiger partial charge in [0.05, 0.1) is 11.1 Å². The zero-order valence-electron chi connectivity index (χ0n) is 12.1. The molecule has 2 rings (SSSR count). The minimum atomic E-state index is -4.27. The van der Waals surface area contributed by atoms with Crippen LogP contribution in [-0.2, 0) is 6.42 Å². The van der Waals surface area contributed by atoms with Gasteiger partial charge in [-0.2, -0.15) is 18.3 Å². The average Bonchev–Trinajstić information content (AvgIpc) is 2.87. The number of rotatable bonds is 4. The minimum Gasteiger partial charge on any atom is -0.476 e. The van der Waals surface area contributed by atoms with Crippen molar-refractivity contribution in [3.63, 3.8) is 0 Å². The molecule has 0 bridgehead atoms. The molecule has 0 aliphatic carbocycles. The van der Waals surface area contributed by atoms with E-state index >= 15 is 0 Å². The molecule has 22 heavy (non-hydrogen) atoms. The Hall–Kier alpha value is -2.31. The fourth-order valence-corrected chi connectivity index (χ4v) is 1.96. The van der Waals surface area contributed by atoms with E-state index < -0.39 is 17.6 Å². The summed E-state index contributed by atoms with van der Waals surface area (Å²) < 4.78 is 40.0. The monoisotopic (exact) mass is 312 g/mol. The molecular formula is C15H15F3N2O2. The summed E-state index contributed by atoms with van der Waals surface area (Å²) in [7, 11) is 0. The topological polar surface area (TPSA) is 55.1 Å². The van der Waals surface area contributed by atoms with E-state index in [2.05, 4.69) is 5.10 Å². The average molecular weight is 312 g/mol. The summed E-state index contributed by atoms with van der Waals surface area (Å²) in [6.07, 6.45) is -2.92. The first-order valence-corrected chi connectivity index (χ1v) is 6.55. The Morgan fingerprint density at radius 1 is 1.18 bits per heavy atom. The lowest BCUT2D eigenvalue weighted by molar-refractivity contribution is -0.211. The normalized spacial score (nSPS) is 12.4. The lowest BCUT2D eigenvalue weighted by Crippen LogP contribution is -2.34. The Morgan fingerprint density at radius 2 is 1.77 bits per heavy atom. The summed E-state index contributed by atoms with van der Waals surface area (Å²) in [6.45, 7) is 2.32. The van der Waals surface area contributed by atoms with E-state index in [4.69, 9.17) is 5.11 Å². The fourth-order valence-electron chi connectivity index (χ4n) is 1.96. The molecule has 0 atom stereocenters. The number of hydrogen-bond donors (Lipinski definition) is 1. The van der Waals surface area contributed by atoms with Crippen molar-refractivity contribution in [1.82, 2.24) is 9.78 Å². The van der Waals surface area contributed by atoms with Crippen LogP contribution in [0.1, 0.15) is 29.9 Å². The molecular weight excluding hydrogens is 297 g/mol. The summed E-state index contributed by atoms with van der Waals surface area (Å²) >= 11 is 0. The summed E-state index contributed by atoms with van der Waals surface area (Å²) in [5.41, 5.74) is -0.767. The summed E-state index contributed by atoms with van der Waals surface area (Å²) in [6, 6.07) is 7.75. The maximum atomic E-state index is 12.9. The molecule has 0 spiro atoms. The molecule has 4 nitrogen and oxygen atoms in total. The number of carbonyl (C=O) groups is 1. The first-order chi connectivity index (χ1) is 10.1. The third-order valence-corrected chi connectivity index (χ3v) is 3.42. The van der Waals surface area contributed by atoms with Crippen LogP contribution in [0.5, 0.6) is 0 Å². The second-order valence-electron chi connectivity index (χ2n) is 5.68. The number of carboxylic acid groups (broad SMARTS) is 1. The Bertz CT molecular complexity index is 673. The number of nitrogens with zero attached hydrogens (tertiary/aromatic N) is 2. The molecule has 0 fully saturated rings. The van der Waals surface area contributed by atoms with E-state index in [1.54, 1.807) is 24.3 Å². The van der Waals surface area contributed by atoms with Crippen LogP contribution < -0.4 is 0 Å². The predicted octanol–water partition coefficient (Wildman–Crippen LogP) is 3.70. The number of hydrogen-bond acceptors (Lipinski definition) is 2. The van der Waals surface area contributed by atoms with E-state index in [0.717, 1.165) is 13.8 Å². The van der Waals surface area contributed by atoms with E-state index in [1.165, 1.54) is 16.9 Å². The largest absolute Gasteiger partial charge is 0.476 e. The standard InChI is InChI=1S/C15H15F3N2O2/c1-14(2,15(16,17)18)9-10-3-5-11(6-4-10)20-8-7-12(19-20)13(21)22/h3-8H,9H2,1-2H3,(H,21,22). The molecule has 0 amide bonds. The Balaban J connectivity index is 2.18. The first-order valence-electron chi connectivity index (χ1n) is 6.55. The van der Waals surface area contributed by atoms with Crippen LogP contribution >= 0.6 is 0 Å². The third-order valence-electron chi connectivity index (χ3n) is 3.42. The van der Waals surface area contributed by atoms with E-state index in [-0.39, 0.29) is 12.1 Å². The lowest BCUT2D eigenvalue weighted by Gasteiger charge is -2.27. The Labute approximate surface area is 125 Å². The predicted molar refractivity (Wildman–Crippen MR) is 74.1 cm³/mol. The molecule has 2 aromatic rings. The Morgan fingerprint density at radius 3 is 2.23 bits per heavy atom. The minimum absolute atomic E-state index is 0.0951. The van der Waals surface area contributed by atoms with Gasteiger partial charge in [-0.05, 0) is 30.2 Å². The van der Waals surface area contributed by atoms with Gasteiger partial charge in [0.25, 0.3) is 0 Å². The maximum absolute atomic E-state index is 12.9. The zero-order valence-corrected chi connectivity index (χ0v) is 12.1. The SMILES string of the molecule is CC(C)(Cc1ccc(-n2ccc(C(=O)O)n2)cc1)C(F)(F)F. The second-order valence-corrected chi connectivity index (χ2v) is 5.68. The molecule has 1 N–H and O–H groups in total. The lowest BCUT2D eigenvalue weighted by atomic mass is 9.85. The molecule has 0 unspecified atom stereocenters. The van der Waals surface area contributed by atoms with Gasteiger partial charge in [-0.15, -0.1) is 0 Å². The Kier molecular flexibility index (Phi) is 4.00. The van der Waals surface area contributed by atoms with Crippen molar-refractivity contribution in [2.45, 2.75) is 26.4 Å². The summed E-state index contributed by atoms with van der Waals surface area (Å²) in [4.78, 5) is 10.8. The van der Waals surface area contributed by atoms with Gasteiger partial charge in [0.15, 0.2) is 5.69 Å². The number of halogens is 3. The van der Waals surface area contributed by atoms with Crippen molar-refractivity contribution in [2.24, 2.45) is 5.41 Å².